The van der Waals surface area contributed by atoms with E-state index >= 15 is 0 Å². The minimum Gasteiger partial charge on any atom is -0.386 e. The fraction of sp³-hybridized carbons (Fsp3) is 0.444. The molecular formula is C9H12ClNO. The van der Waals surface area contributed by atoms with Crippen LogP contribution in [0.1, 0.15) is 25.6 Å². The maximum atomic E-state index is 9.63. The first kappa shape index (κ1) is 9.49. The quantitative estimate of drug-likeness (QED) is 0.768. The molecule has 0 aromatic carbocycles. The van der Waals surface area contributed by atoms with E-state index in [0.717, 1.165) is 0 Å². The molecule has 1 aromatic rings. The van der Waals surface area contributed by atoms with E-state index in [2.05, 4.69) is 4.98 Å². The molecule has 0 saturated heterocycles. The number of aliphatic hydroxyl groups is 1. The van der Waals surface area contributed by atoms with E-state index in [1.165, 1.54) is 0 Å². The van der Waals surface area contributed by atoms with E-state index in [0.29, 0.717) is 10.7 Å². The molecule has 66 valence electrons. The topological polar surface area (TPSA) is 33.1 Å². The Kier molecular flexibility index (Phi) is 3.06. The first-order valence-electron chi connectivity index (χ1n) is 3.91. The van der Waals surface area contributed by atoms with Gasteiger partial charge in [0.25, 0.3) is 0 Å². The van der Waals surface area contributed by atoms with Crippen LogP contribution in [0.15, 0.2) is 18.3 Å². The Bertz CT molecular complexity index is 262. The second kappa shape index (κ2) is 3.87. The molecule has 12 heavy (non-hydrogen) atoms. The van der Waals surface area contributed by atoms with Gasteiger partial charge in [-0.2, -0.15) is 0 Å². The average Bonchev–Trinajstić information content (AvgIpc) is 2.04. The zero-order valence-corrected chi connectivity index (χ0v) is 7.92. The number of aliphatic hydroxyl groups excluding tert-OH is 1. The van der Waals surface area contributed by atoms with E-state index in [9.17, 15) is 5.11 Å². The molecule has 1 aromatic heterocycles. The smallest absolute Gasteiger partial charge is 0.0997 e. The van der Waals surface area contributed by atoms with Gasteiger partial charge in [0.2, 0.25) is 0 Å². The molecule has 0 amide bonds. The number of aromatic nitrogens is 1. The van der Waals surface area contributed by atoms with Crippen LogP contribution in [0.2, 0.25) is 5.02 Å². The summed E-state index contributed by atoms with van der Waals surface area (Å²) in [6, 6.07) is 3.48. The van der Waals surface area contributed by atoms with Crippen LogP contribution in [-0.4, -0.2) is 10.1 Å². The highest BCUT2D eigenvalue weighted by Gasteiger charge is 2.15. The van der Waals surface area contributed by atoms with Crippen LogP contribution in [0.25, 0.3) is 0 Å². The minimum absolute atomic E-state index is 0.136. The van der Waals surface area contributed by atoms with Gasteiger partial charge in [0.05, 0.1) is 16.8 Å². The lowest BCUT2D eigenvalue weighted by Gasteiger charge is -2.14. The van der Waals surface area contributed by atoms with Crippen molar-refractivity contribution in [3.05, 3.63) is 29.0 Å². The van der Waals surface area contributed by atoms with Crippen molar-refractivity contribution >= 4 is 11.6 Å². The predicted molar refractivity (Wildman–Crippen MR) is 49.0 cm³/mol. The molecule has 0 aliphatic rings. The van der Waals surface area contributed by atoms with E-state index in [1.807, 2.05) is 13.8 Å². The standard InChI is InChI=1S/C9H12ClNO/c1-6(2)9(12)8-7(10)4-3-5-11-8/h3-6,9,12H,1-2H3. The molecule has 1 unspecified atom stereocenters. The van der Waals surface area contributed by atoms with Gasteiger partial charge in [0.1, 0.15) is 0 Å². The van der Waals surface area contributed by atoms with Gasteiger partial charge in [-0.25, -0.2) is 0 Å². The summed E-state index contributed by atoms with van der Waals surface area (Å²) in [5.41, 5.74) is 0.564. The monoisotopic (exact) mass is 185 g/mol. The zero-order chi connectivity index (χ0) is 9.14. The van der Waals surface area contributed by atoms with Crippen LogP contribution in [0.3, 0.4) is 0 Å². The van der Waals surface area contributed by atoms with Crippen LogP contribution in [0, 0.1) is 5.92 Å². The van der Waals surface area contributed by atoms with Gasteiger partial charge >= 0.3 is 0 Å². The van der Waals surface area contributed by atoms with Gasteiger partial charge in [0, 0.05) is 6.20 Å². The third kappa shape index (κ3) is 1.96. The second-order valence-electron chi connectivity index (χ2n) is 3.06. The summed E-state index contributed by atoms with van der Waals surface area (Å²) in [7, 11) is 0. The molecule has 0 aliphatic heterocycles. The van der Waals surface area contributed by atoms with Crippen molar-refractivity contribution < 1.29 is 5.11 Å². The third-order valence-electron chi connectivity index (χ3n) is 1.70. The molecule has 1 heterocycles. The van der Waals surface area contributed by atoms with Crippen molar-refractivity contribution in [3.8, 4) is 0 Å². The Balaban J connectivity index is 2.94. The highest BCUT2D eigenvalue weighted by atomic mass is 35.5. The lowest BCUT2D eigenvalue weighted by atomic mass is 10.0. The molecule has 0 bridgehead atoms. The Hall–Kier alpha value is -0.600. The zero-order valence-electron chi connectivity index (χ0n) is 7.16. The van der Waals surface area contributed by atoms with Crippen molar-refractivity contribution in [1.82, 2.24) is 4.98 Å². The Morgan fingerprint density at radius 1 is 1.50 bits per heavy atom. The number of hydrogen-bond donors (Lipinski definition) is 1. The van der Waals surface area contributed by atoms with Crippen molar-refractivity contribution in [3.63, 3.8) is 0 Å². The van der Waals surface area contributed by atoms with Gasteiger partial charge in [-0.15, -0.1) is 0 Å². The SMILES string of the molecule is CC(C)C(O)c1ncccc1Cl. The molecular weight excluding hydrogens is 174 g/mol. The molecule has 0 aliphatic carbocycles. The normalized spacial score (nSPS) is 13.4. The number of nitrogens with zero attached hydrogens (tertiary/aromatic N) is 1. The van der Waals surface area contributed by atoms with Crippen molar-refractivity contribution in [1.29, 1.82) is 0 Å². The van der Waals surface area contributed by atoms with Crippen LogP contribution in [0.5, 0.6) is 0 Å². The number of hydrogen-bond acceptors (Lipinski definition) is 2. The van der Waals surface area contributed by atoms with Crippen molar-refractivity contribution in [2.75, 3.05) is 0 Å². The molecule has 1 atom stereocenters. The van der Waals surface area contributed by atoms with E-state index in [4.69, 9.17) is 11.6 Å². The summed E-state index contributed by atoms with van der Waals surface area (Å²) < 4.78 is 0. The molecule has 1 rings (SSSR count). The minimum atomic E-state index is -0.571. The highest BCUT2D eigenvalue weighted by molar-refractivity contribution is 6.31. The summed E-state index contributed by atoms with van der Waals surface area (Å²) in [5, 5.41) is 10.2. The molecule has 3 heteroatoms. The van der Waals surface area contributed by atoms with E-state index < -0.39 is 6.10 Å². The van der Waals surface area contributed by atoms with Gasteiger partial charge < -0.3 is 5.11 Å². The summed E-state index contributed by atoms with van der Waals surface area (Å²) in [4.78, 5) is 4.02. The fourth-order valence-electron chi connectivity index (χ4n) is 0.931. The summed E-state index contributed by atoms with van der Waals surface area (Å²) in [6.07, 6.45) is 1.06. The Morgan fingerprint density at radius 2 is 2.17 bits per heavy atom. The van der Waals surface area contributed by atoms with Crippen molar-refractivity contribution in [2.45, 2.75) is 20.0 Å². The lowest BCUT2D eigenvalue weighted by molar-refractivity contribution is 0.122. The van der Waals surface area contributed by atoms with Gasteiger partial charge in [-0.05, 0) is 18.1 Å². The molecule has 1 N–H and O–H groups in total. The molecule has 0 radical (unpaired) electrons. The maximum Gasteiger partial charge on any atom is 0.0997 e. The highest BCUT2D eigenvalue weighted by Crippen LogP contribution is 2.25. The second-order valence-corrected chi connectivity index (χ2v) is 3.47. The first-order chi connectivity index (χ1) is 5.63. The van der Waals surface area contributed by atoms with Crippen LogP contribution >= 0.6 is 11.6 Å². The Labute approximate surface area is 77.2 Å². The molecule has 2 nitrogen and oxygen atoms in total. The van der Waals surface area contributed by atoms with Crippen LogP contribution < -0.4 is 0 Å². The summed E-state index contributed by atoms with van der Waals surface area (Å²) in [6.45, 7) is 3.85. The van der Waals surface area contributed by atoms with E-state index in [1.54, 1.807) is 18.3 Å². The number of pyridine rings is 1. The first-order valence-corrected chi connectivity index (χ1v) is 4.29. The van der Waals surface area contributed by atoms with E-state index in [-0.39, 0.29) is 5.92 Å². The van der Waals surface area contributed by atoms with Crippen LogP contribution in [0.4, 0.5) is 0 Å². The lowest BCUT2D eigenvalue weighted by Crippen LogP contribution is -2.07. The maximum absolute atomic E-state index is 9.63. The largest absolute Gasteiger partial charge is 0.386 e. The van der Waals surface area contributed by atoms with Gasteiger partial charge in [-0.1, -0.05) is 25.4 Å². The number of halogens is 1. The summed E-state index contributed by atoms with van der Waals surface area (Å²) in [5.74, 6) is 0.136. The summed E-state index contributed by atoms with van der Waals surface area (Å²) >= 11 is 5.84. The van der Waals surface area contributed by atoms with Crippen molar-refractivity contribution in [2.24, 2.45) is 5.92 Å². The molecule has 0 fully saturated rings. The molecule has 0 saturated carbocycles. The van der Waals surface area contributed by atoms with Crippen LogP contribution in [-0.2, 0) is 0 Å². The number of rotatable bonds is 2. The fourth-order valence-corrected chi connectivity index (χ4v) is 1.16. The molecule has 0 spiro atoms. The van der Waals surface area contributed by atoms with Gasteiger partial charge in [-0.3, -0.25) is 4.98 Å². The Morgan fingerprint density at radius 3 is 2.67 bits per heavy atom. The third-order valence-corrected chi connectivity index (χ3v) is 2.02. The average molecular weight is 186 g/mol. The van der Waals surface area contributed by atoms with Gasteiger partial charge in [0.15, 0.2) is 0 Å². The predicted octanol–water partition coefficient (Wildman–Crippen LogP) is 2.42.